The fraction of sp³-hybridized carbons (Fsp3) is 0.0667. The van der Waals surface area contributed by atoms with Gasteiger partial charge in [0.15, 0.2) is 0 Å². The molecule has 0 saturated carbocycles. The van der Waals surface area contributed by atoms with Crippen molar-refractivity contribution in [2.24, 2.45) is 0 Å². The summed E-state index contributed by atoms with van der Waals surface area (Å²) in [4.78, 5) is 17.4. The zero-order valence-electron chi connectivity index (χ0n) is 10.6. The number of fused-ring (bicyclic) bond motifs is 1. The zero-order chi connectivity index (χ0) is 14.1. The van der Waals surface area contributed by atoms with E-state index < -0.39 is 0 Å². The molecule has 0 bridgehead atoms. The van der Waals surface area contributed by atoms with Gasteiger partial charge in [0.05, 0.1) is 17.6 Å². The monoisotopic (exact) mass is 303 g/mol. The van der Waals surface area contributed by atoms with Crippen LogP contribution >= 0.6 is 22.9 Å². The molecule has 0 amide bonds. The first-order valence-electron chi connectivity index (χ1n) is 5.92. The lowest BCUT2D eigenvalue weighted by Crippen LogP contribution is -2.03. The molecular formula is C15H10ClNO2S. The van der Waals surface area contributed by atoms with Crippen LogP contribution < -0.4 is 4.74 Å². The number of halogens is 1. The molecule has 5 heteroatoms. The van der Waals surface area contributed by atoms with Crippen molar-refractivity contribution < 1.29 is 9.53 Å². The number of methoxy groups -OCH3 is 1. The van der Waals surface area contributed by atoms with E-state index in [2.05, 4.69) is 4.98 Å². The van der Waals surface area contributed by atoms with Crippen molar-refractivity contribution in [1.29, 1.82) is 0 Å². The molecule has 0 atom stereocenters. The molecule has 0 fully saturated rings. The first-order chi connectivity index (χ1) is 9.72. The standard InChI is InChI=1S/C15H10ClNO2S/c1-19-11-5-4-10-9(6-7-17-15(10)16)13(11)14(18)12-3-2-8-20-12/h2-8H,1H3. The van der Waals surface area contributed by atoms with E-state index in [1.807, 2.05) is 17.5 Å². The van der Waals surface area contributed by atoms with Crippen LogP contribution in [0.5, 0.6) is 5.75 Å². The number of thiophene rings is 1. The van der Waals surface area contributed by atoms with Gasteiger partial charge in [0.25, 0.3) is 0 Å². The van der Waals surface area contributed by atoms with Crippen molar-refractivity contribution in [3.63, 3.8) is 0 Å². The lowest BCUT2D eigenvalue weighted by Gasteiger charge is -2.11. The predicted octanol–water partition coefficient (Wildman–Crippen LogP) is 4.19. The molecule has 1 aromatic carbocycles. The van der Waals surface area contributed by atoms with Gasteiger partial charge in [-0.2, -0.15) is 0 Å². The van der Waals surface area contributed by atoms with Gasteiger partial charge >= 0.3 is 0 Å². The third kappa shape index (κ3) is 2.07. The Hall–Kier alpha value is -1.91. The zero-order valence-corrected chi connectivity index (χ0v) is 12.2. The predicted molar refractivity (Wildman–Crippen MR) is 81.1 cm³/mol. The second-order valence-corrected chi connectivity index (χ2v) is 5.45. The summed E-state index contributed by atoms with van der Waals surface area (Å²) in [5, 5.41) is 3.75. The molecule has 0 aliphatic rings. The highest BCUT2D eigenvalue weighted by atomic mass is 35.5. The van der Waals surface area contributed by atoms with Crippen LogP contribution in [0.4, 0.5) is 0 Å². The van der Waals surface area contributed by atoms with Crippen LogP contribution in [0.1, 0.15) is 15.2 Å². The van der Waals surface area contributed by atoms with Crippen LogP contribution in [0.25, 0.3) is 10.8 Å². The van der Waals surface area contributed by atoms with Gasteiger partial charge in [0.2, 0.25) is 5.78 Å². The fourth-order valence-electron chi connectivity index (χ4n) is 2.13. The Morgan fingerprint density at radius 3 is 2.80 bits per heavy atom. The van der Waals surface area contributed by atoms with E-state index in [-0.39, 0.29) is 5.78 Å². The van der Waals surface area contributed by atoms with Crippen molar-refractivity contribution >= 4 is 39.5 Å². The van der Waals surface area contributed by atoms with Gasteiger partial charge in [-0.1, -0.05) is 17.7 Å². The molecule has 3 aromatic rings. The number of carbonyl (C=O) groups excluding carboxylic acids is 1. The van der Waals surface area contributed by atoms with Crippen molar-refractivity contribution in [2.45, 2.75) is 0 Å². The first-order valence-corrected chi connectivity index (χ1v) is 7.17. The molecule has 0 spiro atoms. The number of ketones is 1. The summed E-state index contributed by atoms with van der Waals surface area (Å²) in [6.45, 7) is 0. The normalized spacial score (nSPS) is 10.7. The number of hydrogen-bond acceptors (Lipinski definition) is 4. The fourth-order valence-corrected chi connectivity index (χ4v) is 3.03. The summed E-state index contributed by atoms with van der Waals surface area (Å²) in [7, 11) is 1.55. The van der Waals surface area contributed by atoms with Crippen molar-refractivity contribution in [1.82, 2.24) is 4.98 Å². The number of rotatable bonds is 3. The van der Waals surface area contributed by atoms with Crippen LogP contribution in [-0.4, -0.2) is 17.9 Å². The minimum atomic E-state index is -0.0651. The SMILES string of the molecule is COc1ccc2c(Cl)nccc2c1C(=O)c1cccs1. The molecule has 0 N–H and O–H groups in total. The molecule has 2 aromatic heterocycles. The maximum atomic E-state index is 12.7. The summed E-state index contributed by atoms with van der Waals surface area (Å²) in [6.07, 6.45) is 1.59. The second-order valence-electron chi connectivity index (χ2n) is 4.15. The van der Waals surface area contributed by atoms with Crippen LogP contribution in [0.2, 0.25) is 5.15 Å². The Morgan fingerprint density at radius 2 is 2.10 bits per heavy atom. The van der Waals surface area contributed by atoms with E-state index in [0.29, 0.717) is 21.3 Å². The molecule has 0 radical (unpaired) electrons. The Labute approximate surface area is 124 Å². The molecule has 100 valence electrons. The molecule has 2 heterocycles. The van der Waals surface area contributed by atoms with Gasteiger partial charge < -0.3 is 4.74 Å². The Bertz CT molecular complexity index is 784. The molecular weight excluding hydrogens is 294 g/mol. The minimum Gasteiger partial charge on any atom is -0.496 e. The number of ether oxygens (including phenoxy) is 1. The summed E-state index contributed by atoms with van der Waals surface area (Å²) < 4.78 is 5.33. The van der Waals surface area contributed by atoms with Gasteiger partial charge in [-0.15, -0.1) is 11.3 Å². The Kier molecular flexibility index (Phi) is 3.42. The van der Waals surface area contributed by atoms with Gasteiger partial charge in [0, 0.05) is 17.0 Å². The number of benzene rings is 1. The topological polar surface area (TPSA) is 39.2 Å². The molecule has 20 heavy (non-hydrogen) atoms. The number of nitrogens with zero attached hydrogens (tertiary/aromatic N) is 1. The van der Waals surface area contributed by atoms with Crippen LogP contribution in [0.15, 0.2) is 41.9 Å². The van der Waals surface area contributed by atoms with E-state index >= 15 is 0 Å². The van der Waals surface area contributed by atoms with Gasteiger partial charge in [-0.3, -0.25) is 4.79 Å². The molecule has 3 rings (SSSR count). The summed E-state index contributed by atoms with van der Waals surface area (Å²) in [5.74, 6) is 0.475. The highest BCUT2D eigenvalue weighted by molar-refractivity contribution is 7.12. The van der Waals surface area contributed by atoms with E-state index in [1.54, 1.807) is 31.5 Å². The highest BCUT2D eigenvalue weighted by Gasteiger charge is 2.19. The average molecular weight is 304 g/mol. The lowest BCUT2D eigenvalue weighted by molar-refractivity contribution is 0.104. The first kappa shape index (κ1) is 13.1. The van der Waals surface area contributed by atoms with Crippen molar-refractivity contribution in [3.05, 3.63) is 57.5 Å². The third-order valence-corrected chi connectivity index (χ3v) is 4.22. The number of carbonyl (C=O) groups is 1. The number of aromatic nitrogens is 1. The average Bonchev–Trinajstić information content (AvgIpc) is 3.00. The van der Waals surface area contributed by atoms with E-state index in [9.17, 15) is 4.79 Å². The quantitative estimate of drug-likeness (QED) is 0.538. The number of pyridine rings is 1. The van der Waals surface area contributed by atoms with Gasteiger partial charge in [-0.25, -0.2) is 4.98 Å². The van der Waals surface area contributed by atoms with Crippen molar-refractivity contribution in [2.75, 3.05) is 7.11 Å². The molecule has 0 aliphatic heterocycles. The number of hydrogen-bond donors (Lipinski definition) is 0. The maximum Gasteiger partial charge on any atom is 0.207 e. The van der Waals surface area contributed by atoms with Crippen molar-refractivity contribution in [3.8, 4) is 5.75 Å². The molecule has 0 unspecified atom stereocenters. The molecule has 3 nitrogen and oxygen atoms in total. The minimum absolute atomic E-state index is 0.0651. The summed E-state index contributed by atoms with van der Waals surface area (Å²) >= 11 is 7.50. The summed E-state index contributed by atoms with van der Waals surface area (Å²) in [6, 6.07) is 8.99. The van der Waals surface area contributed by atoms with Crippen LogP contribution in [0, 0.1) is 0 Å². The van der Waals surface area contributed by atoms with E-state index in [4.69, 9.17) is 16.3 Å². The maximum absolute atomic E-state index is 12.7. The van der Waals surface area contributed by atoms with Gasteiger partial charge in [-0.05, 0) is 29.6 Å². The lowest BCUT2D eigenvalue weighted by atomic mass is 10.0. The Morgan fingerprint density at radius 1 is 1.25 bits per heavy atom. The molecule has 0 aliphatic carbocycles. The van der Waals surface area contributed by atoms with E-state index in [1.165, 1.54) is 11.3 Å². The molecule has 0 saturated heterocycles. The van der Waals surface area contributed by atoms with Gasteiger partial charge in [0.1, 0.15) is 10.9 Å². The largest absolute Gasteiger partial charge is 0.496 e. The Balaban J connectivity index is 2.32. The van der Waals surface area contributed by atoms with E-state index in [0.717, 1.165) is 10.8 Å². The van der Waals surface area contributed by atoms with Crippen LogP contribution in [0.3, 0.4) is 0 Å². The third-order valence-electron chi connectivity index (χ3n) is 3.05. The summed E-state index contributed by atoms with van der Waals surface area (Å²) in [5.41, 5.74) is 0.525. The second kappa shape index (κ2) is 5.23. The highest BCUT2D eigenvalue weighted by Crippen LogP contribution is 2.33. The smallest absolute Gasteiger partial charge is 0.207 e. The van der Waals surface area contributed by atoms with Crippen LogP contribution in [-0.2, 0) is 0 Å².